The number of ether oxygens (including phenoxy) is 1. The molecule has 16 heavy (non-hydrogen) atoms. The molecule has 2 N–H and O–H groups in total. The molecule has 0 aromatic carbocycles. The molecule has 5 heteroatoms. The number of aliphatic hydroxyl groups is 1. The second-order valence-electron chi connectivity index (χ2n) is 3.59. The van der Waals surface area contributed by atoms with Crippen molar-refractivity contribution in [1.82, 2.24) is 10.3 Å². The zero-order valence-electron chi connectivity index (χ0n) is 9.32. The molecular formula is C11H17BrN2O2. The van der Waals surface area contributed by atoms with E-state index in [1.165, 1.54) is 0 Å². The number of nitrogens with one attached hydrogen (secondary N) is 1. The van der Waals surface area contributed by atoms with Gasteiger partial charge in [-0.1, -0.05) is 0 Å². The molecule has 1 unspecified atom stereocenters. The van der Waals surface area contributed by atoms with Gasteiger partial charge in [-0.2, -0.15) is 0 Å². The summed E-state index contributed by atoms with van der Waals surface area (Å²) in [6.45, 7) is 1.91. The van der Waals surface area contributed by atoms with Crippen LogP contribution in [0.25, 0.3) is 0 Å². The maximum atomic E-state index is 9.41. The monoisotopic (exact) mass is 288 g/mol. The molecule has 0 fully saturated rings. The molecule has 0 saturated carbocycles. The third-order valence-electron chi connectivity index (χ3n) is 2.10. The number of rotatable bonds is 7. The lowest BCUT2D eigenvalue weighted by molar-refractivity contribution is 0.0594. The van der Waals surface area contributed by atoms with Crippen LogP contribution in [0.3, 0.4) is 0 Å². The number of hydrogen-bond donors (Lipinski definition) is 2. The van der Waals surface area contributed by atoms with Gasteiger partial charge in [-0.15, -0.1) is 0 Å². The summed E-state index contributed by atoms with van der Waals surface area (Å²) in [4.78, 5) is 4.07. The van der Waals surface area contributed by atoms with Crippen molar-refractivity contribution >= 4 is 15.9 Å². The Labute approximate surface area is 104 Å². The fourth-order valence-electron chi connectivity index (χ4n) is 1.33. The van der Waals surface area contributed by atoms with Gasteiger partial charge in [0.05, 0.1) is 12.7 Å². The van der Waals surface area contributed by atoms with Gasteiger partial charge in [0.25, 0.3) is 0 Å². The molecule has 0 spiro atoms. The van der Waals surface area contributed by atoms with E-state index in [0.29, 0.717) is 13.0 Å². The summed E-state index contributed by atoms with van der Waals surface area (Å²) in [6.07, 6.45) is 3.88. The highest BCUT2D eigenvalue weighted by Gasteiger charge is 2.02. The lowest BCUT2D eigenvalue weighted by Gasteiger charge is -2.09. The largest absolute Gasteiger partial charge is 0.391 e. The first-order valence-corrected chi connectivity index (χ1v) is 5.99. The van der Waals surface area contributed by atoms with E-state index < -0.39 is 6.10 Å². The van der Waals surface area contributed by atoms with Gasteiger partial charge in [0.1, 0.15) is 0 Å². The SMILES string of the molecule is COCC(O)CCNCc1cncc(Br)c1. The summed E-state index contributed by atoms with van der Waals surface area (Å²) >= 11 is 3.37. The lowest BCUT2D eigenvalue weighted by Crippen LogP contribution is -2.23. The first-order chi connectivity index (χ1) is 7.72. The summed E-state index contributed by atoms with van der Waals surface area (Å²) in [6, 6.07) is 2.02. The average Bonchev–Trinajstić information content (AvgIpc) is 2.25. The zero-order valence-corrected chi connectivity index (χ0v) is 10.9. The molecule has 1 rings (SSSR count). The highest BCUT2D eigenvalue weighted by atomic mass is 79.9. The second kappa shape index (κ2) is 7.73. The van der Waals surface area contributed by atoms with Crippen LogP contribution < -0.4 is 5.32 Å². The zero-order chi connectivity index (χ0) is 11.8. The standard InChI is InChI=1S/C11H17BrN2O2/c1-16-8-11(15)2-3-13-5-9-4-10(12)7-14-6-9/h4,6-7,11,13,15H,2-3,5,8H2,1H3. The Morgan fingerprint density at radius 3 is 3.06 bits per heavy atom. The Morgan fingerprint density at radius 2 is 2.38 bits per heavy atom. The molecule has 0 saturated heterocycles. The van der Waals surface area contributed by atoms with E-state index in [4.69, 9.17) is 4.74 Å². The van der Waals surface area contributed by atoms with Gasteiger partial charge in [0.15, 0.2) is 0 Å². The normalized spacial score (nSPS) is 12.7. The van der Waals surface area contributed by atoms with Crippen molar-refractivity contribution in [2.24, 2.45) is 0 Å². The molecule has 0 bridgehead atoms. The van der Waals surface area contributed by atoms with Gasteiger partial charge in [-0.05, 0) is 40.5 Å². The first-order valence-electron chi connectivity index (χ1n) is 5.19. The quantitative estimate of drug-likeness (QED) is 0.744. The van der Waals surface area contributed by atoms with Crippen LogP contribution in [0, 0.1) is 0 Å². The van der Waals surface area contributed by atoms with E-state index in [2.05, 4.69) is 26.2 Å². The highest BCUT2D eigenvalue weighted by molar-refractivity contribution is 9.10. The third-order valence-corrected chi connectivity index (χ3v) is 2.54. The van der Waals surface area contributed by atoms with Crippen LogP contribution in [0.4, 0.5) is 0 Å². The van der Waals surface area contributed by atoms with E-state index in [-0.39, 0.29) is 0 Å². The summed E-state index contributed by atoms with van der Waals surface area (Å²) in [7, 11) is 1.59. The Morgan fingerprint density at radius 1 is 1.56 bits per heavy atom. The molecule has 0 radical (unpaired) electrons. The molecular weight excluding hydrogens is 272 g/mol. The molecule has 1 heterocycles. The summed E-state index contributed by atoms with van der Waals surface area (Å²) in [5.74, 6) is 0. The minimum atomic E-state index is -0.391. The summed E-state index contributed by atoms with van der Waals surface area (Å²) < 4.78 is 5.82. The average molecular weight is 289 g/mol. The molecule has 90 valence electrons. The molecule has 0 aliphatic heterocycles. The highest BCUT2D eigenvalue weighted by Crippen LogP contribution is 2.09. The van der Waals surface area contributed by atoms with Crippen LogP contribution in [-0.2, 0) is 11.3 Å². The van der Waals surface area contributed by atoms with Crippen molar-refractivity contribution in [3.63, 3.8) is 0 Å². The van der Waals surface area contributed by atoms with Crippen LogP contribution >= 0.6 is 15.9 Å². The van der Waals surface area contributed by atoms with E-state index in [0.717, 1.165) is 23.1 Å². The van der Waals surface area contributed by atoms with Crippen LogP contribution in [0.1, 0.15) is 12.0 Å². The van der Waals surface area contributed by atoms with Gasteiger partial charge in [-0.3, -0.25) is 4.98 Å². The van der Waals surface area contributed by atoms with E-state index in [1.807, 2.05) is 12.3 Å². The van der Waals surface area contributed by atoms with Crippen molar-refractivity contribution in [2.75, 3.05) is 20.3 Å². The number of hydrogen-bond acceptors (Lipinski definition) is 4. The predicted molar refractivity (Wildman–Crippen MR) is 66.1 cm³/mol. The molecule has 1 aromatic heterocycles. The molecule has 1 aromatic rings. The van der Waals surface area contributed by atoms with Gasteiger partial charge in [0, 0.05) is 30.5 Å². The maximum Gasteiger partial charge on any atom is 0.0785 e. The lowest BCUT2D eigenvalue weighted by atomic mass is 10.2. The number of nitrogens with zero attached hydrogens (tertiary/aromatic N) is 1. The minimum absolute atomic E-state index is 0.389. The smallest absolute Gasteiger partial charge is 0.0785 e. The number of aliphatic hydroxyl groups excluding tert-OH is 1. The molecule has 1 atom stereocenters. The molecule has 0 amide bonds. The molecule has 4 nitrogen and oxygen atoms in total. The summed E-state index contributed by atoms with van der Waals surface area (Å²) in [5, 5.41) is 12.6. The van der Waals surface area contributed by atoms with Gasteiger partial charge in [-0.25, -0.2) is 0 Å². The number of methoxy groups -OCH3 is 1. The van der Waals surface area contributed by atoms with E-state index in [1.54, 1.807) is 13.3 Å². The Kier molecular flexibility index (Phi) is 6.56. The van der Waals surface area contributed by atoms with Gasteiger partial charge < -0.3 is 15.2 Å². The van der Waals surface area contributed by atoms with Crippen LogP contribution in [-0.4, -0.2) is 36.5 Å². The maximum absolute atomic E-state index is 9.41. The van der Waals surface area contributed by atoms with Crippen molar-refractivity contribution in [2.45, 2.75) is 19.1 Å². The minimum Gasteiger partial charge on any atom is -0.391 e. The van der Waals surface area contributed by atoms with E-state index in [9.17, 15) is 5.11 Å². The van der Waals surface area contributed by atoms with Crippen LogP contribution in [0.2, 0.25) is 0 Å². The van der Waals surface area contributed by atoms with Crippen LogP contribution in [0.5, 0.6) is 0 Å². The van der Waals surface area contributed by atoms with Crippen LogP contribution in [0.15, 0.2) is 22.9 Å². The van der Waals surface area contributed by atoms with Gasteiger partial charge >= 0.3 is 0 Å². The molecule has 0 aliphatic carbocycles. The van der Waals surface area contributed by atoms with E-state index >= 15 is 0 Å². The fraction of sp³-hybridized carbons (Fsp3) is 0.545. The second-order valence-corrected chi connectivity index (χ2v) is 4.50. The third kappa shape index (κ3) is 5.55. The fourth-order valence-corrected chi connectivity index (χ4v) is 1.74. The summed E-state index contributed by atoms with van der Waals surface area (Å²) in [5.41, 5.74) is 1.12. The first kappa shape index (κ1) is 13.6. The van der Waals surface area contributed by atoms with Crippen molar-refractivity contribution < 1.29 is 9.84 Å². The Balaban J connectivity index is 2.16. The molecule has 0 aliphatic rings. The number of halogens is 1. The predicted octanol–water partition coefficient (Wildman–Crippen LogP) is 1.33. The van der Waals surface area contributed by atoms with Crippen molar-refractivity contribution in [3.05, 3.63) is 28.5 Å². The van der Waals surface area contributed by atoms with Crippen molar-refractivity contribution in [3.8, 4) is 0 Å². The Hall–Kier alpha value is -0.490. The topological polar surface area (TPSA) is 54.4 Å². The Bertz CT molecular complexity index is 310. The number of aromatic nitrogens is 1. The van der Waals surface area contributed by atoms with Gasteiger partial charge in [0.2, 0.25) is 0 Å². The number of pyridine rings is 1. The van der Waals surface area contributed by atoms with Crippen molar-refractivity contribution in [1.29, 1.82) is 0 Å².